The summed E-state index contributed by atoms with van der Waals surface area (Å²) in [5.41, 5.74) is 2.17. The fraction of sp³-hybridized carbons (Fsp3) is 0.333. The van der Waals surface area contributed by atoms with E-state index >= 15 is 0 Å². The van der Waals surface area contributed by atoms with Crippen molar-refractivity contribution in [2.75, 3.05) is 0 Å². The molecule has 2 aromatic rings. The average Bonchev–Trinajstić information content (AvgIpc) is 2.77. The molecule has 2 rings (SSSR count). The van der Waals surface area contributed by atoms with Crippen LogP contribution in [0, 0.1) is 11.3 Å². The highest BCUT2D eigenvalue weighted by atomic mass is 16.1. The van der Waals surface area contributed by atoms with Crippen molar-refractivity contribution < 1.29 is 0 Å². The molecule has 4 heteroatoms. The minimum Gasteiger partial charge on any atom is -0.310 e. The monoisotopic (exact) mass is 257 g/mol. The summed E-state index contributed by atoms with van der Waals surface area (Å²) in [5, 5.41) is 10.5. The zero-order valence-corrected chi connectivity index (χ0v) is 11.3. The predicted molar refractivity (Wildman–Crippen MR) is 77.7 cm³/mol. The van der Waals surface area contributed by atoms with Crippen molar-refractivity contribution in [2.24, 2.45) is 5.92 Å². The number of nitrogens with zero attached hydrogens (tertiary/aromatic N) is 1. The molecule has 0 unspecified atom stereocenters. The highest BCUT2D eigenvalue weighted by Gasteiger charge is 2.12. The van der Waals surface area contributed by atoms with Gasteiger partial charge in [-0.25, -0.2) is 0 Å². The van der Waals surface area contributed by atoms with Gasteiger partial charge in [-0.05, 0) is 18.9 Å². The van der Waals surface area contributed by atoms with Gasteiger partial charge in [0.15, 0.2) is 0 Å². The molecule has 2 N–H and O–H groups in total. The van der Waals surface area contributed by atoms with Gasteiger partial charge in [0, 0.05) is 24.4 Å². The zero-order valence-electron chi connectivity index (χ0n) is 11.3. The van der Waals surface area contributed by atoms with Gasteiger partial charge in [-0.15, -0.1) is 0 Å². The molecule has 0 aliphatic heterocycles. The largest absolute Gasteiger partial charge is 0.310 e. The molecule has 0 bridgehead atoms. The Morgan fingerprint density at radius 2 is 2.05 bits per heavy atom. The Hall–Kier alpha value is -2.10. The van der Waals surface area contributed by atoms with Crippen LogP contribution in [0.3, 0.4) is 0 Å². The molecule has 0 spiro atoms. The standard InChI is InChI=1S/C15H19N3O/c1-3-12(11(2)16)9-18-10-14(15(19)17-18)13-7-5-4-6-8-13/h4-8,10,12,16H,3,9H2,1-2H3,(H,17,19)/t12-/m1/s1. The lowest BCUT2D eigenvalue weighted by molar-refractivity contribution is 0.496. The Labute approximate surface area is 112 Å². The van der Waals surface area contributed by atoms with E-state index in [2.05, 4.69) is 12.0 Å². The molecule has 0 aliphatic rings. The maximum atomic E-state index is 12.0. The number of aromatic nitrogens is 2. The maximum absolute atomic E-state index is 12.0. The van der Waals surface area contributed by atoms with Crippen molar-refractivity contribution in [3.05, 3.63) is 46.9 Å². The minimum atomic E-state index is -0.0799. The van der Waals surface area contributed by atoms with E-state index in [1.54, 1.807) is 4.68 Å². The quantitative estimate of drug-likeness (QED) is 0.795. The lowest BCUT2D eigenvalue weighted by atomic mass is 10.0. The van der Waals surface area contributed by atoms with Crippen LogP contribution in [0.2, 0.25) is 0 Å². The van der Waals surface area contributed by atoms with Gasteiger partial charge in [0.2, 0.25) is 0 Å². The van der Waals surface area contributed by atoms with Gasteiger partial charge in [0.05, 0.1) is 5.56 Å². The molecule has 0 fully saturated rings. The third-order valence-corrected chi connectivity index (χ3v) is 3.38. The van der Waals surface area contributed by atoms with E-state index in [0.717, 1.165) is 12.0 Å². The summed E-state index contributed by atoms with van der Waals surface area (Å²) in [6.07, 6.45) is 2.74. The predicted octanol–water partition coefficient (Wildman–Crippen LogP) is 2.91. The fourth-order valence-electron chi connectivity index (χ4n) is 2.17. The van der Waals surface area contributed by atoms with Crippen LogP contribution in [-0.4, -0.2) is 15.5 Å². The highest BCUT2D eigenvalue weighted by molar-refractivity contribution is 5.81. The Morgan fingerprint density at radius 1 is 1.37 bits per heavy atom. The SMILES string of the molecule is CC[C@H](Cn1cc(-c2ccccc2)c(=O)[nH]1)C(C)=N. The van der Waals surface area contributed by atoms with Gasteiger partial charge in [-0.2, -0.15) is 0 Å². The molecule has 4 nitrogen and oxygen atoms in total. The van der Waals surface area contributed by atoms with Crippen LogP contribution in [0.1, 0.15) is 20.3 Å². The van der Waals surface area contributed by atoms with E-state index in [4.69, 9.17) is 5.41 Å². The first-order valence-corrected chi connectivity index (χ1v) is 6.51. The average molecular weight is 257 g/mol. The molecule has 0 saturated carbocycles. The van der Waals surface area contributed by atoms with Crippen molar-refractivity contribution in [3.8, 4) is 11.1 Å². The summed E-state index contributed by atoms with van der Waals surface area (Å²) >= 11 is 0. The summed E-state index contributed by atoms with van der Waals surface area (Å²) in [5.74, 6) is 0.173. The van der Waals surface area contributed by atoms with Crippen molar-refractivity contribution in [3.63, 3.8) is 0 Å². The molecule has 1 aromatic carbocycles. The van der Waals surface area contributed by atoms with Crippen molar-refractivity contribution >= 4 is 5.71 Å². The van der Waals surface area contributed by atoms with Gasteiger partial charge in [0.1, 0.15) is 0 Å². The molecule has 0 saturated heterocycles. The summed E-state index contributed by atoms with van der Waals surface area (Å²) in [7, 11) is 0. The molecule has 19 heavy (non-hydrogen) atoms. The fourth-order valence-corrected chi connectivity index (χ4v) is 2.17. The van der Waals surface area contributed by atoms with Crippen LogP contribution in [-0.2, 0) is 6.54 Å². The van der Waals surface area contributed by atoms with Crippen molar-refractivity contribution in [1.29, 1.82) is 5.41 Å². The second-order valence-electron chi connectivity index (χ2n) is 4.79. The number of aromatic amines is 1. The molecular formula is C15H19N3O. The van der Waals surface area contributed by atoms with Crippen molar-refractivity contribution in [1.82, 2.24) is 9.78 Å². The summed E-state index contributed by atoms with van der Waals surface area (Å²) in [6, 6.07) is 9.62. The van der Waals surface area contributed by atoms with Crippen LogP contribution in [0.4, 0.5) is 0 Å². The highest BCUT2D eigenvalue weighted by Crippen LogP contribution is 2.15. The smallest absolute Gasteiger partial charge is 0.271 e. The van der Waals surface area contributed by atoms with E-state index in [1.165, 1.54) is 0 Å². The first-order chi connectivity index (χ1) is 9.11. The van der Waals surface area contributed by atoms with Crippen molar-refractivity contribution in [2.45, 2.75) is 26.8 Å². The number of hydrogen-bond donors (Lipinski definition) is 2. The molecule has 0 aliphatic carbocycles. The van der Waals surface area contributed by atoms with Crippen LogP contribution in [0.25, 0.3) is 11.1 Å². The van der Waals surface area contributed by atoms with Crippen LogP contribution < -0.4 is 5.56 Å². The Bertz CT molecular complexity index is 610. The normalized spacial score (nSPS) is 12.3. The van der Waals surface area contributed by atoms with Gasteiger partial charge in [0.25, 0.3) is 5.56 Å². The molecule has 0 radical (unpaired) electrons. The lowest BCUT2D eigenvalue weighted by Crippen LogP contribution is -2.18. The van der Waals surface area contributed by atoms with E-state index in [-0.39, 0.29) is 11.5 Å². The van der Waals surface area contributed by atoms with E-state index < -0.39 is 0 Å². The Balaban J connectivity index is 2.27. The topological polar surface area (TPSA) is 61.6 Å². The second kappa shape index (κ2) is 5.69. The summed E-state index contributed by atoms with van der Waals surface area (Å²) in [6.45, 7) is 4.52. The Kier molecular flexibility index (Phi) is 4.00. The van der Waals surface area contributed by atoms with Gasteiger partial charge < -0.3 is 5.41 Å². The lowest BCUT2D eigenvalue weighted by Gasteiger charge is -2.13. The minimum absolute atomic E-state index is 0.0799. The number of nitrogens with one attached hydrogen (secondary N) is 2. The third-order valence-electron chi connectivity index (χ3n) is 3.38. The first-order valence-electron chi connectivity index (χ1n) is 6.51. The maximum Gasteiger partial charge on any atom is 0.271 e. The third kappa shape index (κ3) is 3.02. The second-order valence-corrected chi connectivity index (χ2v) is 4.79. The molecular weight excluding hydrogens is 238 g/mol. The number of H-pyrrole nitrogens is 1. The molecule has 1 atom stereocenters. The van der Waals surface area contributed by atoms with Gasteiger partial charge in [-0.1, -0.05) is 37.3 Å². The Morgan fingerprint density at radius 3 is 2.63 bits per heavy atom. The summed E-state index contributed by atoms with van der Waals surface area (Å²) < 4.78 is 1.79. The molecule has 1 heterocycles. The van der Waals surface area contributed by atoms with Crippen LogP contribution in [0.15, 0.2) is 41.3 Å². The zero-order chi connectivity index (χ0) is 13.8. The van der Waals surface area contributed by atoms with Crippen LogP contribution in [0.5, 0.6) is 0 Å². The molecule has 1 aromatic heterocycles. The van der Waals surface area contributed by atoms with Gasteiger partial charge in [-0.3, -0.25) is 14.6 Å². The number of rotatable bonds is 5. The molecule has 0 amide bonds. The van der Waals surface area contributed by atoms with E-state index in [0.29, 0.717) is 17.8 Å². The van der Waals surface area contributed by atoms with E-state index in [1.807, 2.05) is 43.5 Å². The first kappa shape index (κ1) is 13.3. The van der Waals surface area contributed by atoms with E-state index in [9.17, 15) is 4.79 Å². The number of benzene rings is 1. The number of hydrogen-bond acceptors (Lipinski definition) is 2. The van der Waals surface area contributed by atoms with Crippen LogP contribution >= 0.6 is 0 Å². The molecule has 100 valence electrons. The summed E-state index contributed by atoms with van der Waals surface area (Å²) in [4.78, 5) is 12.0. The van der Waals surface area contributed by atoms with Gasteiger partial charge >= 0.3 is 0 Å².